The molecule has 2 aromatic rings. The van der Waals surface area contributed by atoms with Crippen molar-refractivity contribution in [2.24, 2.45) is 5.73 Å². The number of fused-ring (bicyclic) bond motifs is 1. The third-order valence-corrected chi connectivity index (χ3v) is 2.58. The average Bonchev–Trinajstić information content (AvgIpc) is 2.51. The quantitative estimate of drug-likeness (QED) is 0.775. The Morgan fingerprint density at radius 3 is 3.00 bits per heavy atom. The van der Waals surface area contributed by atoms with Gasteiger partial charge in [0.2, 0.25) is 5.91 Å². The SMILES string of the molecule is NC(=O)c1cc(I)c2nc[nH]c2c1. The molecular weight excluding hydrogens is 281 g/mol. The second-order valence-corrected chi connectivity index (χ2v) is 3.78. The maximum atomic E-state index is 10.9. The molecule has 0 radical (unpaired) electrons. The number of nitrogens with two attached hydrogens (primary N) is 1. The fourth-order valence-electron chi connectivity index (χ4n) is 1.15. The number of H-pyrrole nitrogens is 1. The number of hydrogen-bond acceptors (Lipinski definition) is 2. The van der Waals surface area contributed by atoms with E-state index in [1.54, 1.807) is 18.5 Å². The van der Waals surface area contributed by atoms with Crippen LogP contribution in [0.5, 0.6) is 0 Å². The molecule has 0 bridgehead atoms. The first-order chi connectivity index (χ1) is 6.18. The normalized spacial score (nSPS) is 10.5. The van der Waals surface area contributed by atoms with Crippen molar-refractivity contribution < 1.29 is 4.79 Å². The van der Waals surface area contributed by atoms with Gasteiger partial charge in [-0.3, -0.25) is 4.79 Å². The van der Waals surface area contributed by atoms with Crippen molar-refractivity contribution >= 4 is 39.5 Å². The number of carbonyl (C=O) groups excluding carboxylic acids is 1. The number of imidazole rings is 1. The van der Waals surface area contributed by atoms with Gasteiger partial charge in [-0.2, -0.15) is 0 Å². The largest absolute Gasteiger partial charge is 0.366 e. The molecule has 1 heterocycles. The number of rotatable bonds is 1. The second kappa shape index (κ2) is 2.99. The maximum Gasteiger partial charge on any atom is 0.248 e. The topological polar surface area (TPSA) is 71.8 Å². The van der Waals surface area contributed by atoms with Crippen LogP contribution < -0.4 is 5.73 Å². The van der Waals surface area contributed by atoms with Crippen LogP contribution in [0.25, 0.3) is 11.0 Å². The Morgan fingerprint density at radius 1 is 1.54 bits per heavy atom. The van der Waals surface area contributed by atoms with Crippen LogP contribution in [0.3, 0.4) is 0 Å². The molecule has 1 aromatic carbocycles. The average molecular weight is 287 g/mol. The predicted molar refractivity (Wildman–Crippen MR) is 57.3 cm³/mol. The third kappa shape index (κ3) is 1.39. The first kappa shape index (κ1) is 8.49. The highest BCUT2D eigenvalue weighted by Crippen LogP contribution is 2.19. The molecule has 1 amide bonds. The monoisotopic (exact) mass is 287 g/mol. The number of halogens is 1. The van der Waals surface area contributed by atoms with Crippen molar-refractivity contribution in [2.45, 2.75) is 0 Å². The minimum atomic E-state index is -0.422. The molecule has 0 aliphatic carbocycles. The molecule has 0 atom stereocenters. The number of carbonyl (C=O) groups is 1. The molecule has 4 nitrogen and oxygen atoms in total. The zero-order chi connectivity index (χ0) is 9.42. The van der Waals surface area contributed by atoms with Gasteiger partial charge in [-0.15, -0.1) is 0 Å². The Bertz CT molecular complexity index is 477. The zero-order valence-electron chi connectivity index (χ0n) is 6.54. The van der Waals surface area contributed by atoms with Gasteiger partial charge in [0.15, 0.2) is 0 Å². The lowest BCUT2D eigenvalue weighted by molar-refractivity contribution is 0.100. The highest BCUT2D eigenvalue weighted by molar-refractivity contribution is 14.1. The highest BCUT2D eigenvalue weighted by Gasteiger charge is 2.06. The van der Waals surface area contributed by atoms with E-state index < -0.39 is 5.91 Å². The summed E-state index contributed by atoms with van der Waals surface area (Å²) >= 11 is 2.12. The summed E-state index contributed by atoms with van der Waals surface area (Å²) in [5, 5.41) is 0. The van der Waals surface area contributed by atoms with E-state index in [1.165, 1.54) is 0 Å². The fourth-order valence-corrected chi connectivity index (χ4v) is 1.91. The van der Waals surface area contributed by atoms with Crippen LogP contribution >= 0.6 is 22.6 Å². The van der Waals surface area contributed by atoms with Crippen molar-refractivity contribution in [2.75, 3.05) is 0 Å². The number of aromatic nitrogens is 2. The van der Waals surface area contributed by atoms with Gasteiger partial charge in [0.25, 0.3) is 0 Å². The van der Waals surface area contributed by atoms with Gasteiger partial charge in [-0.25, -0.2) is 4.98 Å². The van der Waals surface area contributed by atoms with E-state index in [4.69, 9.17) is 5.73 Å². The first-order valence-electron chi connectivity index (χ1n) is 3.61. The second-order valence-electron chi connectivity index (χ2n) is 2.62. The minimum absolute atomic E-state index is 0.422. The molecule has 0 unspecified atom stereocenters. The van der Waals surface area contributed by atoms with Gasteiger partial charge in [0.1, 0.15) is 5.52 Å². The van der Waals surface area contributed by atoms with E-state index in [-0.39, 0.29) is 0 Å². The van der Waals surface area contributed by atoms with Crippen molar-refractivity contribution in [3.8, 4) is 0 Å². The first-order valence-corrected chi connectivity index (χ1v) is 4.69. The lowest BCUT2D eigenvalue weighted by Gasteiger charge is -1.97. The lowest BCUT2D eigenvalue weighted by Crippen LogP contribution is -2.10. The molecule has 0 aliphatic rings. The van der Waals surface area contributed by atoms with Crippen LogP contribution in [0, 0.1) is 3.57 Å². The number of aromatic amines is 1. The van der Waals surface area contributed by atoms with Gasteiger partial charge < -0.3 is 10.7 Å². The Kier molecular flexibility index (Phi) is 1.95. The Labute approximate surface area is 87.7 Å². The Morgan fingerprint density at radius 2 is 2.31 bits per heavy atom. The minimum Gasteiger partial charge on any atom is -0.366 e. The number of hydrogen-bond donors (Lipinski definition) is 2. The van der Waals surface area contributed by atoms with Crippen LogP contribution in [0.2, 0.25) is 0 Å². The van der Waals surface area contributed by atoms with E-state index in [0.29, 0.717) is 5.56 Å². The summed E-state index contributed by atoms with van der Waals surface area (Å²) < 4.78 is 0.921. The van der Waals surface area contributed by atoms with Crippen molar-refractivity contribution in [3.63, 3.8) is 0 Å². The summed E-state index contributed by atoms with van der Waals surface area (Å²) in [6.45, 7) is 0. The highest BCUT2D eigenvalue weighted by atomic mass is 127. The van der Waals surface area contributed by atoms with Crippen LogP contribution in [0.4, 0.5) is 0 Å². The smallest absolute Gasteiger partial charge is 0.248 e. The van der Waals surface area contributed by atoms with Gasteiger partial charge in [-0.05, 0) is 34.7 Å². The fraction of sp³-hybridized carbons (Fsp3) is 0. The lowest BCUT2D eigenvalue weighted by atomic mass is 10.2. The van der Waals surface area contributed by atoms with E-state index in [1.807, 2.05) is 0 Å². The summed E-state index contributed by atoms with van der Waals surface area (Å²) in [6.07, 6.45) is 1.59. The van der Waals surface area contributed by atoms with Crippen molar-refractivity contribution in [1.82, 2.24) is 9.97 Å². The van der Waals surface area contributed by atoms with Crippen LogP contribution in [-0.2, 0) is 0 Å². The molecule has 0 saturated carbocycles. The van der Waals surface area contributed by atoms with E-state index in [2.05, 4.69) is 32.6 Å². The van der Waals surface area contributed by atoms with E-state index in [9.17, 15) is 4.79 Å². The number of nitrogens with one attached hydrogen (secondary N) is 1. The number of nitrogens with zero attached hydrogens (tertiary/aromatic N) is 1. The number of amides is 1. The van der Waals surface area contributed by atoms with Crippen molar-refractivity contribution in [3.05, 3.63) is 27.6 Å². The third-order valence-electron chi connectivity index (χ3n) is 1.76. The summed E-state index contributed by atoms with van der Waals surface area (Å²) in [5.74, 6) is -0.422. The molecule has 0 saturated heterocycles. The number of primary amides is 1. The molecule has 66 valence electrons. The summed E-state index contributed by atoms with van der Waals surface area (Å²) in [7, 11) is 0. The number of benzene rings is 1. The molecule has 3 N–H and O–H groups in total. The molecule has 2 rings (SSSR count). The summed E-state index contributed by atoms with van der Waals surface area (Å²) in [6, 6.07) is 3.43. The Hall–Kier alpha value is -1.11. The van der Waals surface area contributed by atoms with Gasteiger partial charge in [0.05, 0.1) is 11.8 Å². The summed E-state index contributed by atoms with van der Waals surface area (Å²) in [5.41, 5.74) is 7.37. The van der Waals surface area contributed by atoms with Crippen LogP contribution in [-0.4, -0.2) is 15.9 Å². The zero-order valence-corrected chi connectivity index (χ0v) is 8.70. The summed E-state index contributed by atoms with van der Waals surface area (Å²) in [4.78, 5) is 17.9. The van der Waals surface area contributed by atoms with Gasteiger partial charge >= 0.3 is 0 Å². The molecule has 13 heavy (non-hydrogen) atoms. The molecule has 1 aromatic heterocycles. The van der Waals surface area contributed by atoms with Gasteiger partial charge in [-0.1, -0.05) is 0 Å². The molecule has 0 aliphatic heterocycles. The van der Waals surface area contributed by atoms with E-state index in [0.717, 1.165) is 14.6 Å². The van der Waals surface area contributed by atoms with E-state index >= 15 is 0 Å². The Balaban J connectivity index is 2.77. The van der Waals surface area contributed by atoms with Gasteiger partial charge in [0, 0.05) is 9.13 Å². The molecule has 0 fully saturated rings. The van der Waals surface area contributed by atoms with Crippen molar-refractivity contribution in [1.29, 1.82) is 0 Å². The predicted octanol–water partition coefficient (Wildman–Crippen LogP) is 1.27. The van der Waals surface area contributed by atoms with Crippen LogP contribution in [0.1, 0.15) is 10.4 Å². The molecule has 0 spiro atoms. The molecule has 5 heteroatoms. The standard InChI is InChI=1S/C8H6IN3O/c9-5-1-4(8(10)13)2-6-7(5)12-3-11-6/h1-3H,(H2,10,13)(H,11,12). The molecular formula is C8H6IN3O. The van der Waals surface area contributed by atoms with Crippen LogP contribution in [0.15, 0.2) is 18.5 Å². The maximum absolute atomic E-state index is 10.9.